The van der Waals surface area contributed by atoms with Gasteiger partial charge in [-0.05, 0) is 42.5 Å². The number of nitrogens with one attached hydrogen (secondary N) is 1. The average molecular weight is 489 g/mol. The Kier molecular flexibility index (Phi) is 8.66. The Hall–Kier alpha value is -2.94. The molecule has 0 aliphatic heterocycles. The van der Waals surface area contributed by atoms with Gasteiger partial charge in [0.2, 0.25) is 5.91 Å². The van der Waals surface area contributed by atoms with Gasteiger partial charge in [0, 0.05) is 12.6 Å². The molecule has 0 bridgehead atoms. The molecular formula is C25H30F2N4O2S. The zero-order valence-electron chi connectivity index (χ0n) is 20.0. The van der Waals surface area contributed by atoms with E-state index in [1.165, 1.54) is 11.8 Å². The van der Waals surface area contributed by atoms with Crippen molar-refractivity contribution < 1.29 is 18.3 Å². The minimum Gasteiger partial charge on any atom is -0.482 e. The van der Waals surface area contributed by atoms with Gasteiger partial charge >= 0.3 is 0 Å². The van der Waals surface area contributed by atoms with Crippen LogP contribution in [0.3, 0.4) is 0 Å². The van der Waals surface area contributed by atoms with Crippen molar-refractivity contribution >= 4 is 23.4 Å². The summed E-state index contributed by atoms with van der Waals surface area (Å²) in [7, 11) is 0. The summed E-state index contributed by atoms with van der Waals surface area (Å²) in [4.78, 5) is 12.4. The van der Waals surface area contributed by atoms with Gasteiger partial charge in [-0.15, -0.1) is 10.2 Å². The van der Waals surface area contributed by atoms with Crippen molar-refractivity contribution in [1.29, 1.82) is 0 Å². The number of aromatic nitrogens is 3. The lowest BCUT2D eigenvalue weighted by atomic mass is 10.0. The first kappa shape index (κ1) is 25.7. The predicted molar refractivity (Wildman–Crippen MR) is 130 cm³/mol. The molecule has 3 rings (SSSR count). The number of hydrogen-bond acceptors (Lipinski definition) is 5. The first-order valence-electron chi connectivity index (χ1n) is 11.2. The molecule has 0 aliphatic carbocycles. The second-order valence-corrected chi connectivity index (χ2v) is 9.70. The van der Waals surface area contributed by atoms with Gasteiger partial charge < -0.3 is 14.6 Å². The maximum absolute atomic E-state index is 13.8. The molecule has 2 aromatic carbocycles. The first-order chi connectivity index (χ1) is 16.2. The number of carbonyl (C=O) groups is 1. The van der Waals surface area contributed by atoms with Crippen molar-refractivity contribution in [2.45, 2.75) is 58.3 Å². The summed E-state index contributed by atoms with van der Waals surface area (Å²) >= 11 is 1.18. The lowest BCUT2D eigenvalue weighted by molar-refractivity contribution is -0.113. The molecule has 1 amide bonds. The molecule has 182 valence electrons. The monoisotopic (exact) mass is 488 g/mol. The summed E-state index contributed by atoms with van der Waals surface area (Å²) in [5, 5.41) is 11.6. The van der Waals surface area contributed by atoms with Gasteiger partial charge in [0.15, 0.2) is 17.1 Å². The summed E-state index contributed by atoms with van der Waals surface area (Å²) < 4.78 is 35.4. The number of ether oxygens (including phenoxy) is 1. The fourth-order valence-electron chi connectivity index (χ4n) is 3.46. The van der Waals surface area contributed by atoms with E-state index >= 15 is 0 Å². The highest BCUT2D eigenvalue weighted by molar-refractivity contribution is 7.99. The van der Waals surface area contributed by atoms with E-state index < -0.39 is 17.5 Å². The molecule has 1 N–H and O–H groups in total. The molecule has 0 spiro atoms. The Morgan fingerprint density at radius 1 is 1.09 bits per heavy atom. The summed E-state index contributed by atoms with van der Waals surface area (Å²) in [6.45, 7) is 11.0. The van der Waals surface area contributed by atoms with E-state index in [9.17, 15) is 13.6 Å². The van der Waals surface area contributed by atoms with Gasteiger partial charge in [-0.25, -0.2) is 8.78 Å². The fraction of sp³-hybridized carbons (Fsp3) is 0.400. The van der Waals surface area contributed by atoms with Crippen LogP contribution in [0, 0.1) is 17.6 Å². The summed E-state index contributed by atoms with van der Waals surface area (Å²) in [5.74, 6) is 0.254. The van der Waals surface area contributed by atoms with Gasteiger partial charge in [0.1, 0.15) is 17.4 Å². The number of benzene rings is 2. The highest BCUT2D eigenvalue weighted by Gasteiger charge is 2.22. The molecule has 1 atom stereocenters. The van der Waals surface area contributed by atoms with E-state index in [2.05, 4.69) is 43.2 Å². The molecule has 9 heteroatoms. The van der Waals surface area contributed by atoms with Crippen LogP contribution in [-0.2, 0) is 11.3 Å². The average Bonchev–Trinajstić information content (AvgIpc) is 3.17. The maximum atomic E-state index is 13.8. The van der Waals surface area contributed by atoms with Crippen LogP contribution in [0.15, 0.2) is 47.6 Å². The van der Waals surface area contributed by atoms with Crippen LogP contribution in [0.1, 0.15) is 58.0 Å². The van der Waals surface area contributed by atoms with Crippen LogP contribution in [0.5, 0.6) is 5.75 Å². The Morgan fingerprint density at radius 3 is 2.53 bits per heavy atom. The molecular weight excluding hydrogens is 458 g/mol. The molecule has 34 heavy (non-hydrogen) atoms. The minimum atomic E-state index is -0.697. The quantitative estimate of drug-likeness (QED) is 0.344. The first-order valence-corrected chi connectivity index (χ1v) is 12.2. The van der Waals surface area contributed by atoms with Crippen LogP contribution >= 0.6 is 11.8 Å². The number of anilines is 1. The van der Waals surface area contributed by atoms with Crippen LogP contribution in [0.2, 0.25) is 0 Å². The summed E-state index contributed by atoms with van der Waals surface area (Å²) in [6.07, 6.45) is -0.365. The topological polar surface area (TPSA) is 69.0 Å². The van der Waals surface area contributed by atoms with Gasteiger partial charge in [-0.3, -0.25) is 4.79 Å². The van der Waals surface area contributed by atoms with Crippen LogP contribution < -0.4 is 10.1 Å². The molecule has 0 radical (unpaired) electrons. The van der Waals surface area contributed by atoms with Crippen molar-refractivity contribution in [3.8, 4) is 5.75 Å². The predicted octanol–water partition coefficient (Wildman–Crippen LogP) is 6.21. The number of carbonyl (C=O) groups excluding carboxylic acids is 1. The Labute approximate surface area is 203 Å². The molecule has 1 unspecified atom stereocenters. The van der Waals surface area contributed by atoms with Gasteiger partial charge in [0.25, 0.3) is 0 Å². The Bertz CT molecular complexity index is 1130. The fourth-order valence-corrected chi connectivity index (χ4v) is 4.22. The Morgan fingerprint density at radius 2 is 1.82 bits per heavy atom. The van der Waals surface area contributed by atoms with E-state index in [0.29, 0.717) is 29.4 Å². The molecule has 0 saturated carbocycles. The van der Waals surface area contributed by atoms with Crippen molar-refractivity contribution in [2.75, 3.05) is 11.1 Å². The standard InChI is InChI=1S/C25H30F2N4O2S/c1-15(2)13-31-24(17(5)33-22-9-7-6-8-19(22)16(3)4)29-30-25(31)34-14-23(32)28-21-12-18(26)10-11-20(21)27/h6-12,15-17H,13-14H2,1-5H3,(H,28,32). The molecule has 1 heterocycles. The zero-order valence-corrected chi connectivity index (χ0v) is 20.8. The van der Waals surface area contributed by atoms with E-state index in [4.69, 9.17) is 4.74 Å². The second-order valence-electron chi connectivity index (χ2n) is 8.76. The van der Waals surface area contributed by atoms with Gasteiger partial charge in [-0.1, -0.05) is 57.7 Å². The van der Waals surface area contributed by atoms with E-state index in [1.54, 1.807) is 0 Å². The SMILES string of the molecule is CC(C)Cn1c(SCC(=O)Nc2cc(F)ccc2F)nnc1C(C)Oc1ccccc1C(C)C. The van der Waals surface area contributed by atoms with Crippen LogP contribution in [0.4, 0.5) is 14.5 Å². The van der Waals surface area contributed by atoms with E-state index in [1.807, 2.05) is 35.8 Å². The number of rotatable bonds is 10. The molecule has 0 fully saturated rings. The van der Waals surface area contributed by atoms with Crippen molar-refractivity contribution in [1.82, 2.24) is 14.8 Å². The molecule has 0 saturated heterocycles. The molecule has 3 aromatic rings. The smallest absolute Gasteiger partial charge is 0.234 e. The molecule has 1 aromatic heterocycles. The number of thioether (sulfide) groups is 1. The zero-order chi connectivity index (χ0) is 24.8. The molecule has 6 nitrogen and oxygen atoms in total. The number of para-hydroxylation sites is 1. The third-order valence-corrected chi connectivity index (χ3v) is 6.00. The lowest BCUT2D eigenvalue weighted by Gasteiger charge is -2.20. The largest absolute Gasteiger partial charge is 0.482 e. The molecule has 0 aliphatic rings. The number of nitrogens with zero attached hydrogens (tertiary/aromatic N) is 3. The number of amides is 1. The van der Waals surface area contributed by atoms with Gasteiger partial charge in [0.05, 0.1) is 11.4 Å². The van der Waals surface area contributed by atoms with E-state index in [0.717, 1.165) is 29.5 Å². The highest BCUT2D eigenvalue weighted by Crippen LogP contribution is 2.31. The summed E-state index contributed by atoms with van der Waals surface area (Å²) in [5.41, 5.74) is 0.918. The van der Waals surface area contributed by atoms with Crippen molar-refractivity contribution in [3.63, 3.8) is 0 Å². The number of halogens is 2. The van der Waals surface area contributed by atoms with Gasteiger partial charge in [-0.2, -0.15) is 0 Å². The van der Waals surface area contributed by atoms with Crippen LogP contribution in [-0.4, -0.2) is 26.4 Å². The Balaban J connectivity index is 1.75. The van der Waals surface area contributed by atoms with Crippen LogP contribution in [0.25, 0.3) is 0 Å². The van der Waals surface area contributed by atoms with E-state index in [-0.39, 0.29) is 17.5 Å². The lowest BCUT2D eigenvalue weighted by Crippen LogP contribution is -2.18. The second kappa shape index (κ2) is 11.5. The highest BCUT2D eigenvalue weighted by atomic mass is 32.2. The maximum Gasteiger partial charge on any atom is 0.234 e. The third kappa shape index (κ3) is 6.56. The normalized spacial score (nSPS) is 12.3. The summed E-state index contributed by atoms with van der Waals surface area (Å²) in [6, 6.07) is 10.8. The third-order valence-electron chi connectivity index (χ3n) is 5.04. The minimum absolute atomic E-state index is 0.0302. The van der Waals surface area contributed by atoms with Crippen molar-refractivity contribution in [3.05, 3.63) is 65.5 Å². The van der Waals surface area contributed by atoms with Crippen molar-refractivity contribution in [2.24, 2.45) is 5.92 Å². The number of hydrogen-bond donors (Lipinski definition) is 1.